The Bertz CT molecular complexity index is 445. The highest BCUT2D eigenvalue weighted by atomic mass is 35.5. The van der Waals surface area contributed by atoms with Crippen LogP contribution in [-0.2, 0) is 0 Å². The molecule has 0 atom stereocenters. The van der Waals surface area contributed by atoms with Gasteiger partial charge in [-0.25, -0.2) is 0 Å². The Balaban J connectivity index is 2.93. The number of amides is 1. The first-order valence-electron chi connectivity index (χ1n) is 5.49. The number of benzene rings is 1. The molecule has 98 valence electrons. The lowest BCUT2D eigenvalue weighted by molar-refractivity contribution is 0.0769. The van der Waals surface area contributed by atoms with E-state index in [1.54, 1.807) is 23.1 Å². The van der Waals surface area contributed by atoms with Gasteiger partial charge >= 0.3 is 0 Å². The van der Waals surface area contributed by atoms with Gasteiger partial charge in [0.1, 0.15) is 0 Å². The summed E-state index contributed by atoms with van der Waals surface area (Å²) in [6.07, 6.45) is 0.483. The third-order valence-electron chi connectivity index (χ3n) is 2.47. The monoisotopic (exact) mass is 304 g/mol. The summed E-state index contributed by atoms with van der Waals surface area (Å²) in [5.41, 5.74) is 5.76. The van der Waals surface area contributed by atoms with E-state index in [0.717, 1.165) is 0 Å². The molecular weight excluding hydrogens is 291 g/mol. The molecule has 0 saturated carbocycles. The maximum absolute atomic E-state index is 12.3. The molecule has 0 unspecified atom stereocenters. The summed E-state index contributed by atoms with van der Waals surface area (Å²) >= 11 is 16.8. The third kappa shape index (κ3) is 3.83. The second-order valence-corrected chi connectivity index (χ2v) is 5.04. The topological polar surface area (TPSA) is 46.3 Å². The zero-order chi connectivity index (χ0) is 13.7. The van der Waals surface area contributed by atoms with E-state index in [-0.39, 0.29) is 5.91 Å². The molecule has 0 bridgehead atoms. The molecule has 0 aliphatic rings. The van der Waals surface area contributed by atoms with E-state index in [1.165, 1.54) is 0 Å². The van der Waals surface area contributed by atoms with Crippen LogP contribution < -0.4 is 5.73 Å². The highest BCUT2D eigenvalue weighted by Crippen LogP contribution is 2.25. The minimum atomic E-state index is -0.204. The fourth-order valence-corrected chi connectivity index (χ4v) is 2.16. The molecule has 0 radical (unpaired) electrons. The zero-order valence-electron chi connectivity index (χ0n) is 9.95. The predicted octanol–water partition coefficient (Wildman–Crippen LogP) is 3.13. The Kier molecular flexibility index (Phi) is 5.85. The quantitative estimate of drug-likeness (QED) is 0.850. The Morgan fingerprint density at radius 1 is 1.39 bits per heavy atom. The van der Waals surface area contributed by atoms with E-state index in [9.17, 15) is 4.79 Å². The number of nitrogens with two attached hydrogens (primary N) is 1. The maximum Gasteiger partial charge on any atom is 0.256 e. The summed E-state index contributed by atoms with van der Waals surface area (Å²) in [4.78, 5) is 14.3. The van der Waals surface area contributed by atoms with Gasteiger partial charge in [-0.05, 0) is 19.1 Å². The number of carbonyl (C=O) groups is 1. The van der Waals surface area contributed by atoms with Gasteiger partial charge in [0.25, 0.3) is 5.91 Å². The van der Waals surface area contributed by atoms with Gasteiger partial charge in [-0.2, -0.15) is 0 Å². The van der Waals surface area contributed by atoms with Crippen LogP contribution in [0.3, 0.4) is 0 Å². The van der Waals surface area contributed by atoms with Gasteiger partial charge < -0.3 is 10.6 Å². The van der Waals surface area contributed by atoms with Crippen molar-refractivity contribution in [3.63, 3.8) is 0 Å². The Morgan fingerprint density at radius 2 is 1.94 bits per heavy atom. The smallest absolute Gasteiger partial charge is 0.256 e. The molecule has 1 aromatic carbocycles. The largest absolute Gasteiger partial charge is 0.393 e. The van der Waals surface area contributed by atoms with Gasteiger partial charge in [0.2, 0.25) is 0 Å². The van der Waals surface area contributed by atoms with Crippen LogP contribution in [0.25, 0.3) is 0 Å². The van der Waals surface area contributed by atoms with Crippen molar-refractivity contribution < 1.29 is 4.79 Å². The molecule has 18 heavy (non-hydrogen) atoms. The van der Waals surface area contributed by atoms with Crippen LogP contribution in [0, 0.1) is 0 Å². The fourth-order valence-electron chi connectivity index (χ4n) is 1.51. The molecule has 1 amide bonds. The van der Waals surface area contributed by atoms with Gasteiger partial charge in [0.05, 0.1) is 20.6 Å². The second kappa shape index (κ2) is 6.92. The first kappa shape index (κ1) is 15.2. The fraction of sp³-hybridized carbons (Fsp3) is 0.333. The van der Waals surface area contributed by atoms with Gasteiger partial charge in [-0.1, -0.05) is 41.5 Å². The van der Waals surface area contributed by atoms with Crippen LogP contribution in [0.1, 0.15) is 23.7 Å². The van der Waals surface area contributed by atoms with E-state index >= 15 is 0 Å². The zero-order valence-corrected chi connectivity index (χ0v) is 12.3. The van der Waals surface area contributed by atoms with E-state index in [2.05, 4.69) is 0 Å². The number of rotatable bonds is 5. The predicted molar refractivity (Wildman–Crippen MR) is 79.4 cm³/mol. The summed E-state index contributed by atoms with van der Waals surface area (Å²) < 4.78 is 0. The van der Waals surface area contributed by atoms with Crippen molar-refractivity contribution in [1.82, 2.24) is 4.90 Å². The highest BCUT2D eigenvalue weighted by molar-refractivity contribution is 7.80. The molecule has 1 rings (SSSR count). The summed E-state index contributed by atoms with van der Waals surface area (Å²) in [7, 11) is 0. The van der Waals surface area contributed by atoms with Crippen molar-refractivity contribution >= 4 is 46.3 Å². The highest BCUT2D eigenvalue weighted by Gasteiger charge is 2.19. The van der Waals surface area contributed by atoms with Crippen LogP contribution >= 0.6 is 35.4 Å². The molecule has 0 aliphatic heterocycles. The van der Waals surface area contributed by atoms with E-state index in [4.69, 9.17) is 41.2 Å². The van der Waals surface area contributed by atoms with Gasteiger partial charge in [0.15, 0.2) is 0 Å². The van der Waals surface area contributed by atoms with Crippen LogP contribution in [0.5, 0.6) is 0 Å². The molecule has 0 saturated heterocycles. The molecule has 1 aromatic rings. The molecule has 0 heterocycles. The van der Waals surface area contributed by atoms with Crippen LogP contribution in [0.2, 0.25) is 10.0 Å². The molecule has 2 N–H and O–H groups in total. The molecule has 3 nitrogen and oxygen atoms in total. The number of halogens is 2. The summed E-state index contributed by atoms with van der Waals surface area (Å²) in [5, 5.41) is 0.697. The van der Waals surface area contributed by atoms with Crippen molar-refractivity contribution in [1.29, 1.82) is 0 Å². The van der Waals surface area contributed by atoms with Gasteiger partial charge in [-0.15, -0.1) is 0 Å². The summed E-state index contributed by atoms with van der Waals surface area (Å²) in [6.45, 7) is 2.89. The second-order valence-electron chi connectivity index (χ2n) is 3.70. The number of nitrogens with zero attached hydrogens (tertiary/aromatic N) is 1. The van der Waals surface area contributed by atoms with Crippen molar-refractivity contribution in [2.75, 3.05) is 13.1 Å². The first-order chi connectivity index (χ1) is 8.47. The van der Waals surface area contributed by atoms with E-state index in [0.29, 0.717) is 40.1 Å². The number of hydrogen-bond acceptors (Lipinski definition) is 2. The standard InChI is InChI=1S/C12H14Cl2N2OS/c1-2-16(7-6-10(15)18)12(17)11-8(13)4-3-5-9(11)14/h3-5H,2,6-7H2,1H3,(H2,15,18). The SMILES string of the molecule is CCN(CCC(N)=S)C(=O)c1c(Cl)cccc1Cl. The van der Waals surface area contributed by atoms with Crippen LogP contribution in [0.15, 0.2) is 18.2 Å². The van der Waals surface area contributed by atoms with Crippen molar-refractivity contribution in [3.8, 4) is 0 Å². The Hall–Kier alpha value is -0.840. The maximum atomic E-state index is 12.3. The molecule has 6 heteroatoms. The summed E-state index contributed by atoms with van der Waals surface area (Å²) in [6, 6.07) is 4.98. The summed E-state index contributed by atoms with van der Waals surface area (Å²) in [5.74, 6) is -0.204. The van der Waals surface area contributed by atoms with Crippen molar-refractivity contribution in [2.24, 2.45) is 5.73 Å². The molecule has 0 aliphatic carbocycles. The third-order valence-corrected chi connectivity index (χ3v) is 3.31. The van der Waals surface area contributed by atoms with Crippen molar-refractivity contribution in [3.05, 3.63) is 33.8 Å². The average Bonchev–Trinajstić information content (AvgIpc) is 2.29. The van der Waals surface area contributed by atoms with E-state index < -0.39 is 0 Å². The van der Waals surface area contributed by atoms with Gasteiger partial charge in [-0.3, -0.25) is 4.79 Å². The molecule has 0 aromatic heterocycles. The van der Waals surface area contributed by atoms with Crippen LogP contribution in [0.4, 0.5) is 0 Å². The Labute approximate surface area is 122 Å². The Morgan fingerprint density at radius 3 is 2.39 bits per heavy atom. The minimum absolute atomic E-state index is 0.204. The van der Waals surface area contributed by atoms with Crippen molar-refractivity contribution in [2.45, 2.75) is 13.3 Å². The van der Waals surface area contributed by atoms with E-state index in [1.807, 2.05) is 6.92 Å². The molecule has 0 fully saturated rings. The molecular formula is C12H14Cl2N2OS. The normalized spacial score (nSPS) is 10.2. The van der Waals surface area contributed by atoms with Gasteiger partial charge in [0, 0.05) is 19.5 Å². The van der Waals surface area contributed by atoms with Crippen LogP contribution in [-0.4, -0.2) is 28.9 Å². The lowest BCUT2D eigenvalue weighted by atomic mass is 10.2. The molecule has 0 spiro atoms. The lowest BCUT2D eigenvalue weighted by Crippen LogP contribution is -2.33. The number of thiocarbonyl (C=S) groups is 1. The average molecular weight is 305 g/mol. The first-order valence-corrected chi connectivity index (χ1v) is 6.65. The number of hydrogen-bond donors (Lipinski definition) is 1. The lowest BCUT2D eigenvalue weighted by Gasteiger charge is -2.21. The number of carbonyl (C=O) groups excluding carboxylic acids is 1. The minimum Gasteiger partial charge on any atom is -0.393 e.